The zero-order chi connectivity index (χ0) is 47.3. The van der Waals surface area contributed by atoms with Crippen LogP contribution >= 0.6 is 0 Å². The molecule has 2 aromatic heterocycles. The van der Waals surface area contributed by atoms with Crippen LogP contribution in [0.1, 0.15) is 46.1 Å². The number of aliphatic carboxylic acids is 1. The molecule has 8 rings (SSSR count). The van der Waals surface area contributed by atoms with E-state index in [1.807, 2.05) is 24.3 Å². The van der Waals surface area contributed by atoms with Crippen molar-refractivity contribution >= 4 is 33.9 Å². The fourth-order valence-corrected chi connectivity index (χ4v) is 6.89. The maximum Gasteiger partial charge on any atom is 0.416 e. The molecule has 0 saturated heterocycles. The molecule has 0 aliphatic heterocycles. The van der Waals surface area contributed by atoms with Gasteiger partial charge in [-0.1, -0.05) is 60.7 Å². The van der Waals surface area contributed by atoms with Crippen molar-refractivity contribution in [2.75, 3.05) is 14.1 Å². The molecule has 2 atom stereocenters. The molecule has 0 spiro atoms. The number of carbonyl (C=O) groups is 2. The van der Waals surface area contributed by atoms with E-state index in [9.17, 15) is 46.1 Å². The van der Waals surface area contributed by atoms with E-state index in [-0.39, 0.29) is 24.5 Å². The molecule has 0 aliphatic rings. The molecule has 12 nitrogen and oxygen atoms in total. The van der Waals surface area contributed by atoms with Crippen LogP contribution in [0, 0.1) is 0 Å². The summed E-state index contributed by atoms with van der Waals surface area (Å²) in [5.41, 5.74) is 4.71. The summed E-state index contributed by atoms with van der Waals surface area (Å²) in [5.74, 6) is -0.224. The quantitative estimate of drug-likeness (QED) is 0.0748. The van der Waals surface area contributed by atoms with E-state index in [1.165, 1.54) is 29.2 Å². The van der Waals surface area contributed by atoms with Crippen LogP contribution in [0.15, 0.2) is 133 Å². The Morgan fingerprint density at radius 1 is 0.591 bits per heavy atom. The van der Waals surface area contributed by atoms with Crippen molar-refractivity contribution in [1.82, 2.24) is 24.8 Å². The molecule has 18 heteroatoms. The van der Waals surface area contributed by atoms with Crippen molar-refractivity contribution in [2.24, 2.45) is 0 Å². The SMILES string of the molecule is CN(C)C(=O)C(O)c1ccccc1-c1ccc2nc(COc3ccc(C(F)(F)F)cc3)[nH]c2c1.O=C(O)C(O)c1ccccc1-c1ccc2nc(COc3ccc(C(F)(F)F)cc3)[nH]c2c1. The summed E-state index contributed by atoms with van der Waals surface area (Å²) in [6.07, 6.45) is -11.8. The molecule has 0 bridgehead atoms. The summed E-state index contributed by atoms with van der Waals surface area (Å²) in [5, 5.41) is 29.7. The van der Waals surface area contributed by atoms with Gasteiger partial charge in [-0.3, -0.25) is 4.79 Å². The van der Waals surface area contributed by atoms with Crippen molar-refractivity contribution in [3.05, 3.63) is 167 Å². The third-order valence-electron chi connectivity index (χ3n) is 10.2. The smallest absolute Gasteiger partial charge is 0.416 e. The van der Waals surface area contributed by atoms with Crippen LogP contribution in [0.4, 0.5) is 26.3 Å². The number of rotatable bonds is 12. The lowest BCUT2D eigenvalue weighted by atomic mass is 9.95. The third kappa shape index (κ3) is 10.8. The van der Waals surface area contributed by atoms with E-state index in [1.54, 1.807) is 74.8 Å². The molecule has 66 heavy (non-hydrogen) atoms. The Labute approximate surface area is 371 Å². The number of nitrogens with one attached hydrogen (secondary N) is 2. The number of hydrogen-bond donors (Lipinski definition) is 5. The average molecular weight is 912 g/mol. The summed E-state index contributed by atoms with van der Waals surface area (Å²) in [4.78, 5) is 39.9. The van der Waals surface area contributed by atoms with Crippen LogP contribution in [0.5, 0.6) is 11.5 Å². The number of carboxylic acid groups (broad SMARTS) is 1. The molecular formula is C48H39F6N5O7. The van der Waals surface area contributed by atoms with Gasteiger partial charge in [-0.15, -0.1) is 0 Å². The predicted octanol–water partition coefficient (Wildman–Crippen LogP) is 9.89. The van der Waals surface area contributed by atoms with Gasteiger partial charge >= 0.3 is 18.3 Å². The molecule has 6 aromatic carbocycles. The number of amides is 1. The van der Waals surface area contributed by atoms with Gasteiger partial charge in [0.1, 0.15) is 36.4 Å². The van der Waals surface area contributed by atoms with Gasteiger partial charge in [0.2, 0.25) is 0 Å². The number of hydrogen-bond acceptors (Lipinski definition) is 8. The molecule has 2 heterocycles. The van der Waals surface area contributed by atoms with Gasteiger partial charge < -0.3 is 39.7 Å². The standard InChI is InChI=1S/C25H22F3N3O3.C23H17F3N2O4/c1-31(2)24(33)23(32)19-6-4-3-5-18(19)15-7-12-20-21(13-15)30-22(29-20)14-34-17-10-8-16(9-11-17)25(26,27)28;24-23(25,26)14-6-8-15(9-7-14)32-12-20-27-18-10-5-13(11-19(18)28-20)16-3-1-2-4-17(16)21(29)22(30)31/h3-13,23,32H,14H2,1-2H3,(H,29,30);1-11,21,29H,12H2,(H,27,28)(H,30,31). The van der Waals surface area contributed by atoms with Crippen LogP contribution < -0.4 is 9.47 Å². The normalized spacial score (nSPS) is 12.6. The average Bonchev–Trinajstić information content (AvgIpc) is 3.92. The Hall–Kier alpha value is -7.70. The number of halogens is 6. The summed E-state index contributed by atoms with van der Waals surface area (Å²) in [6.45, 7) is 0.0612. The predicted molar refractivity (Wildman–Crippen MR) is 231 cm³/mol. The highest BCUT2D eigenvalue weighted by molar-refractivity contribution is 5.88. The number of ether oxygens (including phenoxy) is 2. The van der Waals surface area contributed by atoms with Gasteiger partial charge in [-0.25, -0.2) is 14.8 Å². The van der Waals surface area contributed by atoms with E-state index >= 15 is 0 Å². The largest absolute Gasteiger partial charge is 0.486 e. The fraction of sp³-hybridized carbons (Fsp3) is 0.167. The molecule has 0 radical (unpaired) electrons. The van der Waals surface area contributed by atoms with Crippen LogP contribution in [-0.4, -0.2) is 66.1 Å². The number of aromatic nitrogens is 4. The van der Waals surface area contributed by atoms with E-state index in [0.717, 1.165) is 29.8 Å². The summed E-state index contributed by atoms with van der Waals surface area (Å²) >= 11 is 0. The highest BCUT2D eigenvalue weighted by Crippen LogP contribution is 2.34. The Morgan fingerprint density at radius 2 is 0.985 bits per heavy atom. The number of likely N-dealkylation sites (N-methyl/N-ethyl adjacent to an activating group) is 1. The lowest BCUT2D eigenvalue weighted by Crippen LogP contribution is -2.28. The maximum absolute atomic E-state index is 12.7. The summed E-state index contributed by atoms with van der Waals surface area (Å²) in [6, 6.07) is 33.4. The highest BCUT2D eigenvalue weighted by atomic mass is 19.4. The van der Waals surface area contributed by atoms with Gasteiger partial charge in [-0.2, -0.15) is 26.3 Å². The molecule has 0 fully saturated rings. The molecule has 8 aromatic rings. The number of carbonyl (C=O) groups excluding carboxylic acids is 1. The van der Waals surface area contributed by atoms with E-state index < -0.39 is 47.6 Å². The van der Waals surface area contributed by atoms with Gasteiger partial charge in [0.25, 0.3) is 5.91 Å². The first-order valence-electron chi connectivity index (χ1n) is 19.9. The van der Waals surface area contributed by atoms with E-state index in [0.29, 0.717) is 61.7 Å². The number of imidazole rings is 2. The number of carboxylic acids is 1. The molecule has 0 aliphatic carbocycles. The van der Waals surface area contributed by atoms with Crippen molar-refractivity contribution in [3.63, 3.8) is 0 Å². The van der Waals surface area contributed by atoms with Crippen molar-refractivity contribution in [2.45, 2.75) is 37.8 Å². The second-order valence-electron chi connectivity index (χ2n) is 15.0. The van der Waals surface area contributed by atoms with Crippen LogP contribution in [0.3, 0.4) is 0 Å². The zero-order valence-electron chi connectivity index (χ0n) is 34.9. The first-order chi connectivity index (χ1) is 31.3. The Balaban J connectivity index is 0.000000197. The number of benzene rings is 6. The van der Waals surface area contributed by atoms with Crippen molar-refractivity contribution in [3.8, 4) is 33.8 Å². The minimum atomic E-state index is -4.41. The van der Waals surface area contributed by atoms with Crippen LogP contribution in [-0.2, 0) is 35.2 Å². The minimum Gasteiger partial charge on any atom is -0.486 e. The lowest BCUT2D eigenvalue weighted by Gasteiger charge is -2.19. The number of fused-ring (bicyclic) bond motifs is 2. The van der Waals surface area contributed by atoms with Gasteiger partial charge in [0.05, 0.1) is 33.2 Å². The number of nitrogens with zero attached hydrogens (tertiary/aromatic N) is 3. The Morgan fingerprint density at radius 3 is 1.36 bits per heavy atom. The highest BCUT2D eigenvalue weighted by Gasteiger charge is 2.31. The van der Waals surface area contributed by atoms with Gasteiger partial charge in [0, 0.05) is 14.1 Å². The number of aliphatic hydroxyl groups is 2. The van der Waals surface area contributed by atoms with Crippen LogP contribution in [0.2, 0.25) is 0 Å². The van der Waals surface area contributed by atoms with Crippen molar-refractivity contribution in [1.29, 1.82) is 0 Å². The lowest BCUT2D eigenvalue weighted by molar-refractivity contribution is -0.147. The summed E-state index contributed by atoms with van der Waals surface area (Å²) in [7, 11) is 3.16. The number of aromatic amines is 2. The second-order valence-corrected chi connectivity index (χ2v) is 15.0. The third-order valence-corrected chi connectivity index (χ3v) is 10.2. The van der Waals surface area contributed by atoms with E-state index in [2.05, 4.69) is 19.9 Å². The number of H-pyrrole nitrogens is 2. The summed E-state index contributed by atoms with van der Waals surface area (Å²) < 4.78 is 87.1. The second kappa shape index (κ2) is 19.2. The molecule has 1 amide bonds. The topological polar surface area (TPSA) is 174 Å². The van der Waals surface area contributed by atoms with Crippen LogP contribution in [0.25, 0.3) is 44.3 Å². The number of alkyl halides is 6. The Bertz CT molecular complexity index is 2990. The first kappa shape index (κ1) is 46.3. The van der Waals surface area contributed by atoms with Crippen molar-refractivity contribution < 1.29 is 60.7 Å². The fourth-order valence-electron chi connectivity index (χ4n) is 6.89. The molecule has 5 N–H and O–H groups in total. The first-order valence-corrected chi connectivity index (χ1v) is 19.9. The molecule has 2 unspecified atom stereocenters. The zero-order valence-corrected chi connectivity index (χ0v) is 34.9. The van der Waals surface area contributed by atoms with E-state index in [4.69, 9.17) is 14.6 Å². The maximum atomic E-state index is 12.7. The monoisotopic (exact) mass is 911 g/mol. The molecular weight excluding hydrogens is 873 g/mol. The Kier molecular flexibility index (Phi) is 13.5. The van der Waals surface area contributed by atoms with Gasteiger partial charge in [-0.05, 0) is 106 Å². The minimum absolute atomic E-state index is 0.0176. The molecule has 340 valence electrons. The number of aliphatic hydroxyl groups excluding tert-OH is 2. The molecule has 0 saturated carbocycles. The van der Waals surface area contributed by atoms with Gasteiger partial charge in [0.15, 0.2) is 12.2 Å².